The van der Waals surface area contributed by atoms with Crippen molar-refractivity contribution in [2.24, 2.45) is 23.2 Å². The molecule has 2 saturated carbocycles. The van der Waals surface area contributed by atoms with Gasteiger partial charge in [-0.15, -0.1) is 0 Å². The summed E-state index contributed by atoms with van der Waals surface area (Å²) in [6.45, 7) is 6.30. The number of halogens is 2. The first-order valence-corrected chi connectivity index (χ1v) is 8.13. The first-order valence-electron chi connectivity index (χ1n) is 8.13. The highest BCUT2D eigenvalue weighted by molar-refractivity contribution is 5.22. The minimum Gasteiger partial charge on any atom is -0.316 e. The molecule has 2 fully saturated rings. The lowest BCUT2D eigenvalue weighted by Crippen LogP contribution is -2.37. The molecule has 0 radical (unpaired) electrons. The fraction of sp³-hybridized carbons (Fsp3) is 0.667. The predicted octanol–water partition coefficient (Wildman–Crippen LogP) is 4.17. The molecule has 3 heteroatoms. The van der Waals surface area contributed by atoms with Crippen molar-refractivity contribution < 1.29 is 8.78 Å². The van der Waals surface area contributed by atoms with E-state index in [4.69, 9.17) is 0 Å². The molecule has 1 aromatic carbocycles. The van der Waals surface area contributed by atoms with Crippen molar-refractivity contribution in [2.45, 2.75) is 39.5 Å². The van der Waals surface area contributed by atoms with E-state index in [-0.39, 0.29) is 5.41 Å². The Bertz CT molecular complexity index is 502. The molecule has 0 aliphatic heterocycles. The highest BCUT2D eigenvalue weighted by Crippen LogP contribution is 2.60. The van der Waals surface area contributed by atoms with E-state index in [0.717, 1.165) is 24.9 Å². The fourth-order valence-electron chi connectivity index (χ4n) is 4.07. The molecule has 116 valence electrons. The summed E-state index contributed by atoms with van der Waals surface area (Å²) in [5, 5.41) is 3.55. The Morgan fingerprint density at radius 2 is 1.95 bits per heavy atom. The molecule has 0 aromatic heterocycles. The summed E-state index contributed by atoms with van der Waals surface area (Å²) < 4.78 is 27.4. The molecule has 0 spiro atoms. The number of benzene rings is 1. The van der Waals surface area contributed by atoms with Crippen molar-refractivity contribution in [1.29, 1.82) is 0 Å². The van der Waals surface area contributed by atoms with E-state index in [1.165, 1.54) is 25.3 Å². The minimum atomic E-state index is -0.721. The van der Waals surface area contributed by atoms with Gasteiger partial charge in [0.2, 0.25) is 0 Å². The molecule has 0 saturated heterocycles. The molecular formula is C18H25F2N. The van der Waals surface area contributed by atoms with Crippen LogP contribution in [0.3, 0.4) is 0 Å². The molecule has 2 aliphatic carbocycles. The molecule has 3 rings (SSSR count). The molecular weight excluding hydrogens is 268 g/mol. The Morgan fingerprint density at radius 1 is 1.24 bits per heavy atom. The van der Waals surface area contributed by atoms with Gasteiger partial charge in [0.25, 0.3) is 0 Å². The number of fused-ring (bicyclic) bond motifs is 1. The second kappa shape index (κ2) is 5.68. The Morgan fingerprint density at radius 3 is 2.62 bits per heavy atom. The first kappa shape index (κ1) is 15.0. The van der Waals surface area contributed by atoms with Crippen molar-refractivity contribution >= 4 is 0 Å². The smallest absolute Gasteiger partial charge is 0.162 e. The largest absolute Gasteiger partial charge is 0.316 e. The summed E-state index contributed by atoms with van der Waals surface area (Å²) in [5.41, 5.74) is 0.666. The maximum atomic E-state index is 14.0. The minimum absolute atomic E-state index is 0.122. The van der Waals surface area contributed by atoms with Crippen LogP contribution in [0.4, 0.5) is 8.78 Å². The summed E-state index contributed by atoms with van der Waals surface area (Å²) in [5.74, 6) is 0.913. The zero-order valence-electron chi connectivity index (χ0n) is 13.0. The Labute approximate surface area is 126 Å². The number of hydrogen-bond acceptors (Lipinski definition) is 1. The Kier molecular flexibility index (Phi) is 4.04. The van der Waals surface area contributed by atoms with Crippen molar-refractivity contribution in [3.63, 3.8) is 0 Å². The summed E-state index contributed by atoms with van der Waals surface area (Å²) in [4.78, 5) is 0. The topological polar surface area (TPSA) is 12.0 Å². The monoisotopic (exact) mass is 293 g/mol. The Hall–Kier alpha value is -0.960. The summed E-state index contributed by atoms with van der Waals surface area (Å²) in [6.07, 6.45) is 4.34. The van der Waals surface area contributed by atoms with Gasteiger partial charge in [0, 0.05) is 6.54 Å². The number of rotatable bonds is 6. The molecule has 2 unspecified atom stereocenters. The van der Waals surface area contributed by atoms with Gasteiger partial charge in [-0.1, -0.05) is 26.0 Å². The average Bonchev–Trinajstić information content (AvgIpc) is 3.03. The van der Waals surface area contributed by atoms with Crippen LogP contribution in [0.15, 0.2) is 18.2 Å². The average molecular weight is 293 g/mol. The quantitative estimate of drug-likeness (QED) is 0.830. The van der Waals surface area contributed by atoms with E-state index >= 15 is 0 Å². The summed E-state index contributed by atoms with van der Waals surface area (Å²) >= 11 is 0. The normalized spacial score (nSPS) is 30.7. The second-order valence-corrected chi connectivity index (χ2v) is 7.58. The molecule has 0 amide bonds. The maximum absolute atomic E-state index is 14.0. The van der Waals surface area contributed by atoms with Gasteiger partial charge in [-0.05, 0) is 67.0 Å². The number of hydrogen-bond donors (Lipinski definition) is 1. The van der Waals surface area contributed by atoms with Gasteiger partial charge in [0.1, 0.15) is 0 Å². The maximum Gasteiger partial charge on any atom is 0.162 e. The third kappa shape index (κ3) is 3.28. The fourth-order valence-corrected chi connectivity index (χ4v) is 4.07. The van der Waals surface area contributed by atoms with Crippen LogP contribution in [0.2, 0.25) is 0 Å². The van der Waals surface area contributed by atoms with Gasteiger partial charge < -0.3 is 5.32 Å². The lowest BCUT2D eigenvalue weighted by Gasteiger charge is -2.32. The van der Waals surface area contributed by atoms with Gasteiger partial charge in [-0.25, -0.2) is 8.78 Å². The van der Waals surface area contributed by atoms with Gasteiger partial charge in [-0.2, -0.15) is 0 Å². The van der Waals surface area contributed by atoms with Crippen LogP contribution in [-0.4, -0.2) is 13.1 Å². The highest BCUT2D eigenvalue weighted by Gasteiger charge is 2.53. The molecule has 1 aromatic rings. The van der Waals surface area contributed by atoms with E-state index in [1.54, 1.807) is 12.1 Å². The van der Waals surface area contributed by atoms with Gasteiger partial charge >= 0.3 is 0 Å². The highest BCUT2D eigenvalue weighted by atomic mass is 19.2. The summed E-state index contributed by atoms with van der Waals surface area (Å²) in [7, 11) is 0. The lowest BCUT2D eigenvalue weighted by molar-refractivity contribution is 0.241. The predicted molar refractivity (Wildman–Crippen MR) is 81.0 cm³/mol. The zero-order chi connectivity index (χ0) is 15.0. The van der Waals surface area contributed by atoms with E-state index in [2.05, 4.69) is 19.2 Å². The van der Waals surface area contributed by atoms with Crippen molar-refractivity contribution in [3.8, 4) is 0 Å². The summed E-state index contributed by atoms with van der Waals surface area (Å²) in [6, 6.07) is 4.57. The number of nitrogens with one attached hydrogen (secondary N) is 1. The third-order valence-corrected chi connectivity index (χ3v) is 5.11. The van der Waals surface area contributed by atoms with Crippen molar-refractivity contribution in [1.82, 2.24) is 5.32 Å². The van der Waals surface area contributed by atoms with Crippen LogP contribution in [-0.2, 0) is 6.42 Å². The van der Waals surface area contributed by atoms with E-state index < -0.39 is 11.6 Å². The third-order valence-electron chi connectivity index (χ3n) is 5.11. The van der Waals surface area contributed by atoms with Gasteiger partial charge in [0.05, 0.1) is 0 Å². The zero-order valence-corrected chi connectivity index (χ0v) is 13.0. The van der Waals surface area contributed by atoms with Crippen LogP contribution in [0.1, 0.15) is 38.7 Å². The van der Waals surface area contributed by atoms with Gasteiger partial charge in [0.15, 0.2) is 11.6 Å². The van der Waals surface area contributed by atoms with E-state index in [1.807, 2.05) is 0 Å². The van der Waals surface area contributed by atoms with Crippen LogP contribution >= 0.6 is 0 Å². The Balaban J connectivity index is 1.72. The second-order valence-electron chi connectivity index (χ2n) is 7.58. The molecule has 1 N–H and O–H groups in total. The molecule has 0 heterocycles. The SMILES string of the molecule is CC(C)CNCC1(Cc2cccc(F)c2F)CC2CC2C1. The van der Waals surface area contributed by atoms with E-state index in [0.29, 0.717) is 17.9 Å². The lowest BCUT2D eigenvalue weighted by atomic mass is 9.77. The van der Waals surface area contributed by atoms with E-state index in [9.17, 15) is 8.78 Å². The van der Waals surface area contributed by atoms with Crippen LogP contribution in [0, 0.1) is 34.8 Å². The molecule has 2 aliphatic rings. The molecule has 1 nitrogen and oxygen atoms in total. The van der Waals surface area contributed by atoms with Crippen molar-refractivity contribution in [3.05, 3.63) is 35.4 Å². The van der Waals surface area contributed by atoms with Gasteiger partial charge in [-0.3, -0.25) is 0 Å². The molecule has 2 atom stereocenters. The molecule has 21 heavy (non-hydrogen) atoms. The van der Waals surface area contributed by atoms with Crippen LogP contribution in [0.25, 0.3) is 0 Å². The van der Waals surface area contributed by atoms with Crippen molar-refractivity contribution in [2.75, 3.05) is 13.1 Å². The first-order chi connectivity index (χ1) is 9.99. The standard InChI is InChI=1S/C18H25F2N/c1-12(2)10-21-11-18(8-14-6-15(14)9-18)7-13-4-3-5-16(19)17(13)20/h3-5,12,14-15,21H,6-11H2,1-2H3. The van der Waals surface area contributed by atoms with Crippen LogP contribution < -0.4 is 5.32 Å². The van der Waals surface area contributed by atoms with Crippen LogP contribution in [0.5, 0.6) is 0 Å². The molecule has 0 bridgehead atoms.